The Kier molecular flexibility index (Phi) is 13.4. The van der Waals surface area contributed by atoms with Gasteiger partial charge in [-0.2, -0.15) is 0 Å². The molecule has 0 aromatic rings. The summed E-state index contributed by atoms with van der Waals surface area (Å²) < 4.78 is 0. The second-order valence-electron chi connectivity index (χ2n) is 2.54. The fourth-order valence-electron chi connectivity index (χ4n) is 0.873. The molecule has 0 heterocycles. The molecule has 0 spiro atoms. The summed E-state index contributed by atoms with van der Waals surface area (Å²) >= 11 is 4.42. The summed E-state index contributed by atoms with van der Waals surface area (Å²) in [7, 11) is 0. The molecule has 0 amide bonds. The zero-order valence-electron chi connectivity index (χ0n) is 7.56. The summed E-state index contributed by atoms with van der Waals surface area (Å²) in [4.78, 5) is 0. The van der Waals surface area contributed by atoms with Crippen LogP contribution in [-0.2, 0) is 0 Å². The minimum atomic E-state index is -0.0866. The molecule has 0 radical (unpaired) electrons. The maximum absolute atomic E-state index is 10.3. The molecule has 0 fully saturated rings. The van der Waals surface area contributed by atoms with Crippen LogP contribution in [0.5, 0.6) is 0 Å². The molecule has 0 saturated heterocycles. The first kappa shape index (κ1) is 14.0. The van der Waals surface area contributed by atoms with E-state index in [1.807, 2.05) is 0 Å². The molecular formula is C8H15LiOS. The first-order valence-electron chi connectivity index (χ1n) is 3.97. The topological polar surface area (TPSA) is 23.1 Å². The third-order valence-corrected chi connectivity index (χ3v) is 1.69. The molecule has 0 atom stereocenters. The maximum Gasteiger partial charge on any atom is 1.00 e. The second kappa shape index (κ2) is 10.5. The second-order valence-corrected chi connectivity index (χ2v) is 2.99. The standard InChI is InChI=1S/C8H16OS.Li/c1-2-3-4-5-6-7-8(9)10;/h2-7H2,1H3,(H,9,10);/q;+1/p-1. The van der Waals surface area contributed by atoms with Crippen LogP contribution in [0.1, 0.15) is 45.4 Å². The zero-order chi connectivity index (χ0) is 7.82. The van der Waals surface area contributed by atoms with Gasteiger partial charge < -0.3 is 5.11 Å². The van der Waals surface area contributed by atoms with Gasteiger partial charge in [-0.3, -0.25) is 0 Å². The molecule has 0 bridgehead atoms. The van der Waals surface area contributed by atoms with E-state index in [1.165, 1.54) is 19.3 Å². The fourth-order valence-corrected chi connectivity index (χ4v) is 1.02. The predicted octanol–water partition coefficient (Wildman–Crippen LogP) is -0.961. The van der Waals surface area contributed by atoms with Gasteiger partial charge >= 0.3 is 18.9 Å². The summed E-state index contributed by atoms with van der Waals surface area (Å²) in [5, 5.41) is 10.2. The molecule has 0 N–H and O–H groups in total. The van der Waals surface area contributed by atoms with Crippen LogP contribution in [0.3, 0.4) is 0 Å². The molecule has 60 valence electrons. The summed E-state index contributed by atoms with van der Waals surface area (Å²) in [6.45, 7) is 2.18. The van der Waals surface area contributed by atoms with Crippen LogP contribution in [-0.4, -0.2) is 5.05 Å². The van der Waals surface area contributed by atoms with E-state index in [-0.39, 0.29) is 23.9 Å². The Hall–Kier alpha value is 0.487. The molecule has 1 nitrogen and oxygen atoms in total. The molecule has 0 unspecified atom stereocenters. The van der Waals surface area contributed by atoms with Gasteiger partial charge in [-0.1, -0.05) is 37.7 Å². The van der Waals surface area contributed by atoms with Crippen LogP contribution in [0.4, 0.5) is 0 Å². The molecule has 0 saturated carbocycles. The molecule has 0 aliphatic heterocycles. The van der Waals surface area contributed by atoms with E-state index < -0.39 is 0 Å². The minimum absolute atomic E-state index is 0. The smallest absolute Gasteiger partial charge is 0.867 e. The summed E-state index contributed by atoms with van der Waals surface area (Å²) in [5.41, 5.74) is 0. The number of hydrogen-bond donors (Lipinski definition) is 0. The van der Waals surface area contributed by atoms with Crippen LogP contribution in [0, 0.1) is 0 Å². The van der Waals surface area contributed by atoms with Crippen molar-refractivity contribution in [2.75, 3.05) is 0 Å². The quantitative estimate of drug-likeness (QED) is 0.288. The maximum atomic E-state index is 10.3. The monoisotopic (exact) mass is 166 g/mol. The Morgan fingerprint density at radius 2 is 1.73 bits per heavy atom. The van der Waals surface area contributed by atoms with Gasteiger partial charge in [0.15, 0.2) is 0 Å². The van der Waals surface area contributed by atoms with Crippen molar-refractivity contribution in [3.8, 4) is 0 Å². The Balaban J connectivity index is 0. The van der Waals surface area contributed by atoms with E-state index in [4.69, 9.17) is 0 Å². The van der Waals surface area contributed by atoms with Gasteiger partial charge in [-0.15, -0.1) is 12.2 Å². The van der Waals surface area contributed by atoms with Crippen molar-refractivity contribution < 1.29 is 24.0 Å². The largest absolute Gasteiger partial charge is 1.00 e. The normalized spacial score (nSPS) is 8.82. The molecule has 0 rings (SSSR count). The number of hydrogen-bond acceptors (Lipinski definition) is 2. The van der Waals surface area contributed by atoms with Gasteiger partial charge in [0.2, 0.25) is 0 Å². The molecule has 11 heavy (non-hydrogen) atoms. The van der Waals surface area contributed by atoms with Gasteiger partial charge in [-0.25, -0.2) is 0 Å². The third-order valence-electron chi connectivity index (χ3n) is 1.48. The average molecular weight is 166 g/mol. The first-order valence-corrected chi connectivity index (χ1v) is 4.38. The van der Waals surface area contributed by atoms with Crippen molar-refractivity contribution in [1.82, 2.24) is 0 Å². The molecule has 3 heteroatoms. The van der Waals surface area contributed by atoms with Gasteiger partial charge in [-0.05, 0) is 12.8 Å². The molecule has 0 aliphatic carbocycles. The van der Waals surface area contributed by atoms with E-state index in [9.17, 15) is 5.11 Å². The SMILES string of the molecule is CCCCCCCC([O-])=S.[Li+]. The summed E-state index contributed by atoms with van der Waals surface area (Å²) in [6.07, 6.45) is 6.53. The van der Waals surface area contributed by atoms with Crippen molar-refractivity contribution in [3.05, 3.63) is 0 Å². The summed E-state index contributed by atoms with van der Waals surface area (Å²) in [5.74, 6) is 0. The molecule has 0 aliphatic rings. The third kappa shape index (κ3) is 13.5. The zero-order valence-corrected chi connectivity index (χ0v) is 8.38. The van der Waals surface area contributed by atoms with Crippen molar-refractivity contribution in [3.63, 3.8) is 0 Å². The number of unbranched alkanes of at least 4 members (excludes halogenated alkanes) is 4. The van der Waals surface area contributed by atoms with Crippen molar-refractivity contribution in [1.29, 1.82) is 0 Å². The van der Waals surface area contributed by atoms with Crippen LogP contribution in [0.25, 0.3) is 0 Å². The summed E-state index contributed by atoms with van der Waals surface area (Å²) in [6, 6.07) is 0. The molecule has 0 aromatic heterocycles. The Bertz CT molecular complexity index is 96.1. The van der Waals surface area contributed by atoms with Crippen LogP contribution in [0.15, 0.2) is 0 Å². The number of thiocarbonyl (C=S) groups is 1. The van der Waals surface area contributed by atoms with Crippen molar-refractivity contribution in [2.45, 2.75) is 45.4 Å². The van der Waals surface area contributed by atoms with Crippen LogP contribution in [0.2, 0.25) is 0 Å². The Morgan fingerprint density at radius 3 is 2.18 bits per heavy atom. The van der Waals surface area contributed by atoms with E-state index in [1.54, 1.807) is 0 Å². The van der Waals surface area contributed by atoms with E-state index >= 15 is 0 Å². The van der Waals surface area contributed by atoms with Gasteiger partial charge in [0.25, 0.3) is 0 Å². The fraction of sp³-hybridized carbons (Fsp3) is 0.875. The Labute approximate surface area is 86.7 Å². The predicted molar refractivity (Wildman–Crippen MR) is 46.0 cm³/mol. The van der Waals surface area contributed by atoms with E-state index in [0.29, 0.717) is 6.42 Å². The van der Waals surface area contributed by atoms with Crippen molar-refractivity contribution >= 4 is 17.3 Å². The molecular weight excluding hydrogens is 151 g/mol. The average Bonchev–Trinajstić information content (AvgIpc) is 1.87. The van der Waals surface area contributed by atoms with Crippen LogP contribution < -0.4 is 24.0 Å². The van der Waals surface area contributed by atoms with E-state index in [0.717, 1.165) is 12.8 Å². The van der Waals surface area contributed by atoms with E-state index in [2.05, 4.69) is 19.1 Å². The minimum Gasteiger partial charge on any atom is -0.867 e. The Morgan fingerprint density at radius 1 is 1.18 bits per heavy atom. The number of rotatable bonds is 6. The van der Waals surface area contributed by atoms with Gasteiger partial charge in [0.05, 0.1) is 0 Å². The van der Waals surface area contributed by atoms with Crippen LogP contribution >= 0.6 is 12.2 Å². The first-order chi connectivity index (χ1) is 4.77. The van der Waals surface area contributed by atoms with Gasteiger partial charge in [0, 0.05) is 0 Å². The van der Waals surface area contributed by atoms with Crippen molar-refractivity contribution in [2.24, 2.45) is 0 Å². The van der Waals surface area contributed by atoms with Gasteiger partial charge in [0.1, 0.15) is 0 Å². The molecule has 0 aromatic carbocycles.